The zero-order valence-electron chi connectivity index (χ0n) is 20.8. The number of hydrogen-bond donors (Lipinski definition) is 1. The summed E-state index contributed by atoms with van der Waals surface area (Å²) < 4.78 is 0. The number of imidazole rings is 1. The Bertz CT molecular complexity index is 1390. The molecule has 0 aliphatic carbocycles. The van der Waals surface area contributed by atoms with E-state index in [1.807, 2.05) is 12.3 Å². The number of aromatic nitrogens is 3. The van der Waals surface area contributed by atoms with E-state index in [-0.39, 0.29) is 0 Å². The Morgan fingerprint density at radius 1 is 0.600 bits per heavy atom. The first-order chi connectivity index (χ1) is 17.0. The molecule has 3 nitrogen and oxygen atoms in total. The fourth-order valence-corrected chi connectivity index (χ4v) is 4.69. The Morgan fingerprint density at radius 3 is 1.71 bits per heavy atom. The molecule has 0 atom stereocenters. The molecule has 0 saturated carbocycles. The van der Waals surface area contributed by atoms with Gasteiger partial charge >= 0.3 is 0 Å². The second-order valence-corrected chi connectivity index (χ2v) is 9.64. The summed E-state index contributed by atoms with van der Waals surface area (Å²) >= 11 is 0. The second-order valence-electron chi connectivity index (χ2n) is 9.64. The second kappa shape index (κ2) is 9.71. The van der Waals surface area contributed by atoms with E-state index < -0.39 is 0 Å². The van der Waals surface area contributed by atoms with E-state index in [9.17, 15) is 0 Å². The number of pyridine rings is 1. The van der Waals surface area contributed by atoms with Gasteiger partial charge in [0.1, 0.15) is 5.69 Å². The third kappa shape index (κ3) is 4.67. The van der Waals surface area contributed by atoms with Gasteiger partial charge in [-0.25, -0.2) is 9.97 Å². The van der Waals surface area contributed by atoms with Gasteiger partial charge in [-0.2, -0.15) is 0 Å². The van der Waals surface area contributed by atoms with Gasteiger partial charge in [0.05, 0.1) is 5.69 Å². The molecule has 0 aliphatic heterocycles. The van der Waals surface area contributed by atoms with Gasteiger partial charge < -0.3 is 4.98 Å². The molecular formula is C32H31N3. The van der Waals surface area contributed by atoms with Crippen molar-refractivity contribution in [1.29, 1.82) is 0 Å². The summed E-state index contributed by atoms with van der Waals surface area (Å²) in [6.07, 6.45) is 3.62. The lowest BCUT2D eigenvalue weighted by atomic mass is 9.82. The van der Waals surface area contributed by atoms with Crippen molar-refractivity contribution in [2.45, 2.75) is 39.5 Å². The molecular weight excluding hydrogens is 426 g/mol. The summed E-state index contributed by atoms with van der Waals surface area (Å²) in [7, 11) is 0. The molecule has 0 amide bonds. The molecule has 5 aromatic rings. The van der Waals surface area contributed by atoms with Crippen molar-refractivity contribution in [2.24, 2.45) is 0 Å². The average Bonchev–Trinajstić information content (AvgIpc) is 3.44. The maximum atomic E-state index is 4.99. The molecule has 174 valence electrons. The van der Waals surface area contributed by atoms with Crippen LogP contribution in [0.1, 0.15) is 50.7 Å². The van der Waals surface area contributed by atoms with Crippen LogP contribution < -0.4 is 0 Å². The van der Waals surface area contributed by atoms with E-state index in [2.05, 4.69) is 117 Å². The van der Waals surface area contributed by atoms with Crippen LogP contribution in [-0.2, 0) is 0 Å². The molecule has 35 heavy (non-hydrogen) atoms. The Balaban J connectivity index is 1.79. The molecule has 2 heterocycles. The highest BCUT2D eigenvalue weighted by Gasteiger charge is 2.20. The van der Waals surface area contributed by atoms with Crippen molar-refractivity contribution < 1.29 is 0 Å². The number of H-pyrrole nitrogens is 1. The van der Waals surface area contributed by atoms with Crippen molar-refractivity contribution in [1.82, 2.24) is 15.0 Å². The van der Waals surface area contributed by atoms with E-state index in [0.717, 1.165) is 22.8 Å². The van der Waals surface area contributed by atoms with Gasteiger partial charge in [-0.1, -0.05) is 100 Å². The first-order valence-electron chi connectivity index (χ1n) is 12.3. The first-order valence-corrected chi connectivity index (χ1v) is 12.3. The number of hydrogen-bond acceptors (Lipinski definition) is 2. The van der Waals surface area contributed by atoms with Crippen LogP contribution in [0.3, 0.4) is 0 Å². The van der Waals surface area contributed by atoms with Crippen molar-refractivity contribution in [3.63, 3.8) is 0 Å². The number of benzene rings is 3. The summed E-state index contributed by atoms with van der Waals surface area (Å²) in [6, 6.07) is 30.2. The van der Waals surface area contributed by atoms with E-state index >= 15 is 0 Å². The lowest BCUT2D eigenvalue weighted by Crippen LogP contribution is -2.03. The number of nitrogens with one attached hydrogen (secondary N) is 1. The SMILES string of the molecule is CC(C)c1cc(-c2ccccc2)cc(C(C)C)c1-c1cc(-c2ccccc2)nc(-c2ncc[nH]2)c1. The lowest BCUT2D eigenvalue weighted by Gasteiger charge is -2.23. The maximum Gasteiger partial charge on any atom is 0.156 e. The molecule has 0 saturated heterocycles. The zero-order chi connectivity index (χ0) is 24.4. The normalized spacial score (nSPS) is 11.4. The minimum absolute atomic E-state index is 0.367. The van der Waals surface area contributed by atoms with Gasteiger partial charge in [0.2, 0.25) is 0 Å². The van der Waals surface area contributed by atoms with Crippen LogP contribution in [-0.4, -0.2) is 15.0 Å². The predicted octanol–water partition coefficient (Wildman–Crippen LogP) is 8.72. The van der Waals surface area contributed by atoms with Crippen LogP contribution >= 0.6 is 0 Å². The molecule has 5 rings (SSSR count). The molecule has 0 aliphatic rings. The Hall–Kier alpha value is -3.98. The van der Waals surface area contributed by atoms with Gasteiger partial charge in [-0.3, -0.25) is 0 Å². The van der Waals surface area contributed by atoms with Crippen molar-refractivity contribution in [3.8, 4) is 45.0 Å². The zero-order valence-corrected chi connectivity index (χ0v) is 20.8. The number of rotatable bonds is 6. The standard InChI is InChI=1S/C32H31N3/c1-21(2)27-17-25(23-11-7-5-8-12-23)18-28(22(3)4)31(27)26-19-29(24-13-9-6-10-14-24)35-30(20-26)32-33-15-16-34-32/h5-22H,1-4H3,(H,33,34). The third-order valence-electron chi connectivity index (χ3n) is 6.47. The van der Waals surface area contributed by atoms with Crippen LogP contribution in [0.4, 0.5) is 0 Å². The number of aromatic amines is 1. The molecule has 0 fully saturated rings. The average molecular weight is 458 g/mol. The van der Waals surface area contributed by atoms with Crippen LogP contribution in [0.5, 0.6) is 0 Å². The first kappa shape index (κ1) is 22.8. The molecule has 3 aromatic carbocycles. The molecule has 0 bridgehead atoms. The Kier molecular flexibility index (Phi) is 6.33. The van der Waals surface area contributed by atoms with E-state index in [1.165, 1.54) is 33.4 Å². The molecule has 0 spiro atoms. The van der Waals surface area contributed by atoms with E-state index in [0.29, 0.717) is 11.8 Å². The summed E-state index contributed by atoms with van der Waals surface area (Å²) in [6.45, 7) is 9.13. The van der Waals surface area contributed by atoms with Crippen LogP contribution in [0.25, 0.3) is 45.0 Å². The molecule has 0 radical (unpaired) electrons. The van der Waals surface area contributed by atoms with Gasteiger partial charge in [0.25, 0.3) is 0 Å². The largest absolute Gasteiger partial charge is 0.343 e. The van der Waals surface area contributed by atoms with Gasteiger partial charge in [0.15, 0.2) is 5.82 Å². The van der Waals surface area contributed by atoms with E-state index in [1.54, 1.807) is 6.20 Å². The fraction of sp³-hybridized carbons (Fsp3) is 0.188. The minimum Gasteiger partial charge on any atom is -0.343 e. The highest BCUT2D eigenvalue weighted by molar-refractivity contribution is 5.82. The summed E-state index contributed by atoms with van der Waals surface area (Å²) in [5, 5.41) is 0. The summed E-state index contributed by atoms with van der Waals surface area (Å²) in [5.41, 5.74) is 10.6. The van der Waals surface area contributed by atoms with Crippen LogP contribution in [0, 0.1) is 0 Å². The summed E-state index contributed by atoms with van der Waals surface area (Å²) in [4.78, 5) is 12.7. The van der Waals surface area contributed by atoms with Crippen molar-refractivity contribution in [2.75, 3.05) is 0 Å². The van der Waals surface area contributed by atoms with Crippen molar-refractivity contribution >= 4 is 0 Å². The quantitative estimate of drug-likeness (QED) is 0.277. The van der Waals surface area contributed by atoms with Crippen LogP contribution in [0.2, 0.25) is 0 Å². The molecule has 1 N–H and O–H groups in total. The summed E-state index contributed by atoms with van der Waals surface area (Å²) in [5.74, 6) is 1.51. The monoisotopic (exact) mass is 457 g/mol. The smallest absolute Gasteiger partial charge is 0.156 e. The predicted molar refractivity (Wildman–Crippen MR) is 146 cm³/mol. The van der Waals surface area contributed by atoms with Gasteiger partial charge in [-0.05, 0) is 57.3 Å². The van der Waals surface area contributed by atoms with Gasteiger partial charge in [-0.15, -0.1) is 0 Å². The highest BCUT2D eigenvalue weighted by atomic mass is 14.9. The number of nitrogens with zero attached hydrogens (tertiary/aromatic N) is 2. The van der Waals surface area contributed by atoms with Crippen LogP contribution in [0.15, 0.2) is 97.3 Å². The lowest BCUT2D eigenvalue weighted by molar-refractivity contribution is 0.838. The maximum absolute atomic E-state index is 4.99. The highest BCUT2D eigenvalue weighted by Crippen LogP contribution is 2.41. The molecule has 2 aromatic heterocycles. The third-order valence-corrected chi connectivity index (χ3v) is 6.47. The van der Waals surface area contributed by atoms with Gasteiger partial charge in [0, 0.05) is 18.0 Å². The Labute approximate surface area is 207 Å². The minimum atomic E-state index is 0.367. The van der Waals surface area contributed by atoms with Crippen molar-refractivity contribution in [3.05, 3.63) is 108 Å². The molecule has 3 heteroatoms. The fourth-order valence-electron chi connectivity index (χ4n) is 4.69. The molecule has 0 unspecified atom stereocenters. The van der Waals surface area contributed by atoms with E-state index in [4.69, 9.17) is 4.98 Å². The Morgan fingerprint density at radius 2 is 1.17 bits per heavy atom. The topological polar surface area (TPSA) is 41.6 Å².